The highest BCUT2D eigenvalue weighted by molar-refractivity contribution is 7.92. The maximum absolute atomic E-state index is 13.5. The van der Waals surface area contributed by atoms with Gasteiger partial charge in [-0.25, -0.2) is 17.8 Å². The van der Waals surface area contributed by atoms with Crippen LogP contribution in [0.25, 0.3) is 10.2 Å². The zero-order valence-corrected chi connectivity index (χ0v) is 18.5. The number of aromatic nitrogens is 1. The second-order valence-electron chi connectivity index (χ2n) is 7.98. The summed E-state index contributed by atoms with van der Waals surface area (Å²) >= 11 is 1.43. The second kappa shape index (κ2) is 7.87. The van der Waals surface area contributed by atoms with Crippen LogP contribution in [0.2, 0.25) is 0 Å². The first-order valence-corrected chi connectivity index (χ1v) is 12.7. The standard InChI is InChI=1S/C22H22FN3O3S2/c23-15-8-9-18-19(14-15)30-22(24-18)26-12-10-25(11-13-26)21(27)17-6-1-2-7-20(17)31(28,29)16-4-3-5-16/h1-2,6-9,14,16H,3-5,10-13H2. The number of halogens is 1. The van der Waals surface area contributed by atoms with Gasteiger partial charge < -0.3 is 9.80 Å². The molecule has 1 saturated carbocycles. The Morgan fingerprint density at radius 1 is 1.06 bits per heavy atom. The first-order valence-electron chi connectivity index (χ1n) is 10.4. The van der Waals surface area contributed by atoms with E-state index < -0.39 is 9.84 Å². The number of hydrogen-bond acceptors (Lipinski definition) is 6. The van der Waals surface area contributed by atoms with Crippen LogP contribution in [0.4, 0.5) is 9.52 Å². The molecule has 0 spiro atoms. The van der Waals surface area contributed by atoms with Crippen molar-refractivity contribution in [3.05, 3.63) is 53.8 Å². The zero-order valence-electron chi connectivity index (χ0n) is 16.8. The van der Waals surface area contributed by atoms with Crippen LogP contribution in [-0.4, -0.2) is 55.6 Å². The van der Waals surface area contributed by atoms with Crippen LogP contribution < -0.4 is 4.90 Å². The molecule has 0 N–H and O–H groups in total. The lowest BCUT2D eigenvalue weighted by atomic mass is 10.00. The summed E-state index contributed by atoms with van der Waals surface area (Å²) in [6, 6.07) is 11.1. The number of nitrogens with zero attached hydrogens (tertiary/aromatic N) is 3. The third-order valence-corrected chi connectivity index (χ3v) is 9.49. The molecule has 6 nitrogen and oxygen atoms in total. The Hall–Kier alpha value is -2.52. The fraction of sp³-hybridized carbons (Fsp3) is 0.364. The molecular formula is C22H22FN3O3S2. The maximum Gasteiger partial charge on any atom is 0.255 e. The minimum atomic E-state index is -3.49. The molecule has 2 fully saturated rings. The molecule has 31 heavy (non-hydrogen) atoms. The molecule has 2 aliphatic rings. The van der Waals surface area contributed by atoms with Gasteiger partial charge in [0.05, 0.1) is 25.9 Å². The quantitative estimate of drug-likeness (QED) is 0.595. The van der Waals surface area contributed by atoms with E-state index in [0.29, 0.717) is 39.0 Å². The number of thiazole rings is 1. The number of benzene rings is 2. The van der Waals surface area contributed by atoms with E-state index in [0.717, 1.165) is 21.8 Å². The summed E-state index contributed by atoms with van der Waals surface area (Å²) in [5.74, 6) is -0.529. The molecule has 2 heterocycles. The minimum absolute atomic E-state index is 0.153. The van der Waals surface area contributed by atoms with E-state index in [9.17, 15) is 17.6 Å². The Bertz CT molecular complexity index is 1250. The fourth-order valence-corrected chi connectivity index (χ4v) is 7.13. The third kappa shape index (κ3) is 3.70. The predicted octanol–water partition coefficient (Wildman–Crippen LogP) is 3.72. The highest BCUT2D eigenvalue weighted by Crippen LogP contribution is 2.33. The molecule has 0 atom stereocenters. The number of piperazine rings is 1. The van der Waals surface area contributed by atoms with Crippen LogP contribution in [-0.2, 0) is 9.84 Å². The van der Waals surface area contributed by atoms with Crippen LogP contribution in [0.5, 0.6) is 0 Å². The van der Waals surface area contributed by atoms with Crippen molar-refractivity contribution < 1.29 is 17.6 Å². The van der Waals surface area contributed by atoms with Gasteiger partial charge in [-0.2, -0.15) is 0 Å². The molecule has 9 heteroatoms. The Morgan fingerprint density at radius 2 is 1.81 bits per heavy atom. The van der Waals surface area contributed by atoms with E-state index >= 15 is 0 Å². The van der Waals surface area contributed by atoms with Crippen LogP contribution in [0.1, 0.15) is 29.6 Å². The highest BCUT2D eigenvalue weighted by Gasteiger charge is 2.36. The molecule has 162 valence electrons. The van der Waals surface area contributed by atoms with Crippen molar-refractivity contribution in [3.63, 3.8) is 0 Å². The summed E-state index contributed by atoms with van der Waals surface area (Å²) in [4.78, 5) is 21.7. The molecule has 2 aromatic carbocycles. The number of carbonyl (C=O) groups excluding carboxylic acids is 1. The monoisotopic (exact) mass is 459 g/mol. The molecule has 3 aromatic rings. The number of carbonyl (C=O) groups is 1. The first kappa shape index (κ1) is 20.4. The van der Waals surface area contributed by atoms with Crippen molar-refractivity contribution in [1.82, 2.24) is 9.88 Å². The summed E-state index contributed by atoms with van der Waals surface area (Å²) in [7, 11) is -3.49. The van der Waals surface area contributed by atoms with Crippen molar-refractivity contribution in [3.8, 4) is 0 Å². The van der Waals surface area contributed by atoms with Crippen LogP contribution >= 0.6 is 11.3 Å². The number of rotatable bonds is 4. The van der Waals surface area contributed by atoms with Crippen LogP contribution in [0, 0.1) is 5.82 Å². The second-order valence-corrected chi connectivity index (χ2v) is 11.2. The lowest BCUT2D eigenvalue weighted by molar-refractivity contribution is 0.0743. The average molecular weight is 460 g/mol. The van der Waals surface area contributed by atoms with Gasteiger partial charge >= 0.3 is 0 Å². The Kier molecular flexibility index (Phi) is 5.18. The molecule has 0 unspecified atom stereocenters. The molecule has 1 aliphatic heterocycles. The number of amides is 1. The summed E-state index contributed by atoms with van der Waals surface area (Å²) in [6.45, 7) is 2.12. The number of sulfone groups is 1. The van der Waals surface area contributed by atoms with E-state index in [-0.39, 0.29) is 27.4 Å². The number of fused-ring (bicyclic) bond motifs is 1. The van der Waals surface area contributed by atoms with Gasteiger partial charge in [0.1, 0.15) is 5.82 Å². The van der Waals surface area contributed by atoms with Crippen LogP contribution in [0.15, 0.2) is 47.4 Å². The smallest absolute Gasteiger partial charge is 0.255 e. The van der Waals surface area contributed by atoms with Gasteiger partial charge in [-0.1, -0.05) is 29.9 Å². The van der Waals surface area contributed by atoms with Gasteiger partial charge in [-0.15, -0.1) is 0 Å². The third-order valence-electron chi connectivity index (χ3n) is 6.09. The van der Waals surface area contributed by atoms with E-state index in [2.05, 4.69) is 9.88 Å². The molecule has 5 rings (SSSR count). The van der Waals surface area contributed by atoms with Gasteiger partial charge in [0.25, 0.3) is 5.91 Å². The van der Waals surface area contributed by atoms with E-state index in [1.807, 2.05) is 0 Å². The van der Waals surface area contributed by atoms with Crippen molar-refractivity contribution in [1.29, 1.82) is 0 Å². The SMILES string of the molecule is O=C(c1ccccc1S(=O)(=O)C1CCC1)N1CCN(c2nc3ccc(F)cc3s2)CC1. The normalized spacial score (nSPS) is 17.7. The Morgan fingerprint density at radius 3 is 2.52 bits per heavy atom. The van der Waals surface area contributed by atoms with Crippen LogP contribution in [0.3, 0.4) is 0 Å². The van der Waals surface area contributed by atoms with Crippen molar-refractivity contribution in [2.75, 3.05) is 31.1 Å². The summed E-state index contributed by atoms with van der Waals surface area (Å²) in [5, 5.41) is 0.433. The van der Waals surface area contributed by atoms with Gasteiger partial charge in [0.2, 0.25) is 0 Å². The van der Waals surface area contributed by atoms with Gasteiger partial charge in [0.15, 0.2) is 15.0 Å². The minimum Gasteiger partial charge on any atom is -0.345 e. The molecule has 1 aromatic heterocycles. The highest BCUT2D eigenvalue weighted by atomic mass is 32.2. The molecule has 0 bridgehead atoms. The largest absolute Gasteiger partial charge is 0.345 e. The van der Waals surface area contributed by atoms with Crippen molar-refractivity contribution in [2.24, 2.45) is 0 Å². The van der Waals surface area contributed by atoms with Crippen molar-refractivity contribution in [2.45, 2.75) is 29.4 Å². The van der Waals surface area contributed by atoms with Crippen molar-refractivity contribution >= 4 is 42.4 Å². The van der Waals surface area contributed by atoms with E-state index in [1.165, 1.54) is 23.5 Å². The summed E-state index contributed by atoms with van der Waals surface area (Å²) in [5.41, 5.74) is 1.02. The van der Waals surface area contributed by atoms with Gasteiger partial charge in [0, 0.05) is 26.2 Å². The topological polar surface area (TPSA) is 70.6 Å². The average Bonchev–Trinajstić information content (AvgIpc) is 3.15. The lowest BCUT2D eigenvalue weighted by Gasteiger charge is -2.35. The maximum atomic E-state index is 13.5. The van der Waals surface area contributed by atoms with Gasteiger partial charge in [-0.05, 0) is 43.2 Å². The zero-order chi connectivity index (χ0) is 21.6. The van der Waals surface area contributed by atoms with Gasteiger partial charge in [-0.3, -0.25) is 4.79 Å². The van der Waals surface area contributed by atoms with E-state index in [1.54, 1.807) is 35.2 Å². The summed E-state index contributed by atoms with van der Waals surface area (Å²) in [6.07, 6.45) is 2.24. The molecule has 1 aliphatic carbocycles. The molecule has 1 amide bonds. The lowest BCUT2D eigenvalue weighted by Crippen LogP contribution is -2.49. The Balaban J connectivity index is 1.32. The Labute approximate surface area is 184 Å². The molecule has 1 saturated heterocycles. The molecular weight excluding hydrogens is 437 g/mol. The number of hydrogen-bond donors (Lipinski definition) is 0. The fourth-order valence-electron chi connectivity index (χ4n) is 4.04. The predicted molar refractivity (Wildman–Crippen MR) is 119 cm³/mol. The van der Waals surface area contributed by atoms with E-state index in [4.69, 9.17) is 0 Å². The first-order chi connectivity index (χ1) is 14.9. The molecule has 0 radical (unpaired) electrons. The number of anilines is 1. The summed E-state index contributed by atoms with van der Waals surface area (Å²) < 4.78 is 40.2.